The normalized spacial score (nSPS) is 11.9. The molecule has 82 valence electrons. The van der Waals surface area contributed by atoms with Crippen LogP contribution in [0.15, 0.2) is 17.5 Å². The van der Waals surface area contributed by atoms with E-state index in [0.717, 1.165) is 0 Å². The summed E-state index contributed by atoms with van der Waals surface area (Å²) in [5, 5.41) is 7.10. The molecule has 1 aromatic rings. The largest absolute Gasteiger partial charge is 0.355 e. The van der Waals surface area contributed by atoms with Crippen LogP contribution in [-0.2, 0) is 4.79 Å². The minimum absolute atomic E-state index is 0.164. The van der Waals surface area contributed by atoms with Crippen LogP contribution >= 0.6 is 11.3 Å². The van der Waals surface area contributed by atoms with Crippen LogP contribution in [0.5, 0.6) is 0 Å². The van der Waals surface area contributed by atoms with E-state index >= 15 is 0 Å². The van der Waals surface area contributed by atoms with Gasteiger partial charge < -0.3 is 10.6 Å². The lowest BCUT2D eigenvalue weighted by molar-refractivity contribution is -0.122. The Hall–Kier alpha value is -1.36. The number of nitrogens with one attached hydrogen (secondary N) is 2. The minimum atomic E-state index is -0.500. The number of thiophene rings is 1. The van der Waals surface area contributed by atoms with E-state index in [9.17, 15) is 9.59 Å². The Morgan fingerprint density at radius 3 is 2.80 bits per heavy atom. The fourth-order valence-electron chi connectivity index (χ4n) is 1.07. The predicted molar refractivity (Wildman–Crippen MR) is 59.9 cm³/mol. The molecule has 1 unspecified atom stereocenters. The van der Waals surface area contributed by atoms with E-state index in [1.54, 1.807) is 19.1 Å². The second-order valence-electron chi connectivity index (χ2n) is 3.07. The third-order valence-corrected chi connectivity index (χ3v) is 2.71. The highest BCUT2D eigenvalue weighted by Gasteiger charge is 2.15. The molecular formula is C10H14N2O2S. The van der Waals surface area contributed by atoms with Crippen molar-refractivity contribution in [3.63, 3.8) is 0 Å². The predicted octanol–water partition coefficient (Wildman–Crippen LogP) is 1.00. The number of carbonyl (C=O) groups excluding carboxylic acids is 2. The van der Waals surface area contributed by atoms with Gasteiger partial charge >= 0.3 is 0 Å². The highest BCUT2D eigenvalue weighted by atomic mass is 32.1. The molecule has 5 heteroatoms. The Morgan fingerprint density at radius 2 is 2.27 bits per heavy atom. The van der Waals surface area contributed by atoms with Gasteiger partial charge in [0.05, 0.1) is 4.88 Å². The van der Waals surface area contributed by atoms with Gasteiger partial charge in [0.25, 0.3) is 5.91 Å². The SMILES string of the molecule is CCNC(=O)C(C)NC(=O)c1cccs1. The number of rotatable bonds is 4. The molecule has 0 radical (unpaired) electrons. The number of likely N-dealkylation sites (N-methyl/N-ethyl adjacent to an activating group) is 1. The van der Waals surface area contributed by atoms with Crippen LogP contribution in [0.2, 0.25) is 0 Å². The smallest absolute Gasteiger partial charge is 0.261 e. The maximum absolute atomic E-state index is 11.5. The van der Waals surface area contributed by atoms with Crippen molar-refractivity contribution < 1.29 is 9.59 Å². The lowest BCUT2D eigenvalue weighted by Gasteiger charge is -2.12. The molecule has 1 rings (SSSR count). The third-order valence-electron chi connectivity index (χ3n) is 1.84. The van der Waals surface area contributed by atoms with Gasteiger partial charge in [-0.05, 0) is 25.3 Å². The standard InChI is InChI=1S/C10H14N2O2S/c1-3-11-9(13)7(2)12-10(14)8-5-4-6-15-8/h4-7H,3H2,1-2H3,(H,11,13)(H,12,14). The molecule has 2 amide bonds. The van der Waals surface area contributed by atoms with Gasteiger partial charge in [-0.15, -0.1) is 11.3 Å². The molecule has 1 aromatic heterocycles. The highest BCUT2D eigenvalue weighted by molar-refractivity contribution is 7.12. The van der Waals surface area contributed by atoms with E-state index < -0.39 is 6.04 Å². The van der Waals surface area contributed by atoms with E-state index in [1.165, 1.54) is 11.3 Å². The fraction of sp³-hybridized carbons (Fsp3) is 0.400. The molecule has 2 N–H and O–H groups in total. The zero-order valence-corrected chi connectivity index (χ0v) is 9.56. The molecular weight excluding hydrogens is 212 g/mol. The van der Waals surface area contributed by atoms with Gasteiger partial charge in [0.2, 0.25) is 5.91 Å². The Balaban J connectivity index is 2.48. The van der Waals surface area contributed by atoms with Gasteiger partial charge in [-0.1, -0.05) is 6.07 Å². The van der Waals surface area contributed by atoms with Gasteiger partial charge in [0.1, 0.15) is 6.04 Å². The monoisotopic (exact) mass is 226 g/mol. The molecule has 0 saturated carbocycles. The zero-order chi connectivity index (χ0) is 11.3. The Labute approximate surface area is 92.7 Å². The van der Waals surface area contributed by atoms with Gasteiger partial charge in [0.15, 0.2) is 0 Å². The summed E-state index contributed by atoms with van der Waals surface area (Å²) in [6.07, 6.45) is 0. The molecule has 0 spiro atoms. The number of carbonyl (C=O) groups is 2. The first-order valence-corrected chi connectivity index (χ1v) is 5.65. The van der Waals surface area contributed by atoms with Crippen LogP contribution in [0.3, 0.4) is 0 Å². The summed E-state index contributed by atoms with van der Waals surface area (Å²) in [6, 6.07) is 3.03. The van der Waals surface area contributed by atoms with Crippen LogP contribution in [0, 0.1) is 0 Å². The van der Waals surface area contributed by atoms with E-state index in [-0.39, 0.29) is 11.8 Å². The molecule has 0 bridgehead atoms. The molecule has 0 aliphatic heterocycles. The van der Waals surface area contributed by atoms with Crippen molar-refractivity contribution in [3.8, 4) is 0 Å². The zero-order valence-electron chi connectivity index (χ0n) is 8.74. The average Bonchev–Trinajstić information content (AvgIpc) is 2.70. The Morgan fingerprint density at radius 1 is 1.53 bits per heavy atom. The summed E-state index contributed by atoms with van der Waals surface area (Å²) in [7, 11) is 0. The van der Waals surface area contributed by atoms with Gasteiger partial charge in [0, 0.05) is 6.54 Å². The van der Waals surface area contributed by atoms with Gasteiger partial charge in [-0.2, -0.15) is 0 Å². The van der Waals surface area contributed by atoms with Crippen molar-refractivity contribution in [1.29, 1.82) is 0 Å². The van der Waals surface area contributed by atoms with E-state index in [1.807, 2.05) is 12.3 Å². The van der Waals surface area contributed by atoms with Crippen molar-refractivity contribution >= 4 is 23.2 Å². The van der Waals surface area contributed by atoms with Crippen molar-refractivity contribution in [3.05, 3.63) is 22.4 Å². The number of amides is 2. The molecule has 4 nitrogen and oxygen atoms in total. The summed E-state index contributed by atoms with van der Waals surface area (Å²) in [5.74, 6) is -0.369. The van der Waals surface area contributed by atoms with Crippen molar-refractivity contribution in [1.82, 2.24) is 10.6 Å². The van der Waals surface area contributed by atoms with Crippen molar-refractivity contribution in [2.45, 2.75) is 19.9 Å². The summed E-state index contributed by atoms with van der Waals surface area (Å²) >= 11 is 1.35. The maximum atomic E-state index is 11.5. The van der Waals surface area contributed by atoms with E-state index in [0.29, 0.717) is 11.4 Å². The molecule has 0 aliphatic rings. The number of hydrogen-bond acceptors (Lipinski definition) is 3. The summed E-state index contributed by atoms with van der Waals surface area (Å²) in [4.78, 5) is 23.5. The minimum Gasteiger partial charge on any atom is -0.355 e. The Kier molecular flexibility index (Phi) is 4.30. The second kappa shape index (κ2) is 5.50. The summed E-state index contributed by atoms with van der Waals surface area (Å²) in [5.41, 5.74) is 0. The quantitative estimate of drug-likeness (QED) is 0.804. The van der Waals surface area contributed by atoms with E-state index in [2.05, 4.69) is 10.6 Å². The highest BCUT2D eigenvalue weighted by Crippen LogP contribution is 2.07. The van der Waals surface area contributed by atoms with Gasteiger partial charge in [-0.25, -0.2) is 0 Å². The Bertz CT molecular complexity index is 335. The van der Waals surface area contributed by atoms with Crippen LogP contribution in [0.1, 0.15) is 23.5 Å². The number of hydrogen-bond donors (Lipinski definition) is 2. The average molecular weight is 226 g/mol. The molecule has 0 aromatic carbocycles. The van der Waals surface area contributed by atoms with Crippen LogP contribution in [-0.4, -0.2) is 24.4 Å². The molecule has 1 atom stereocenters. The van der Waals surface area contributed by atoms with Crippen molar-refractivity contribution in [2.75, 3.05) is 6.54 Å². The third kappa shape index (κ3) is 3.36. The molecule has 0 aliphatic carbocycles. The summed E-state index contributed by atoms with van der Waals surface area (Å²) < 4.78 is 0. The van der Waals surface area contributed by atoms with Gasteiger partial charge in [-0.3, -0.25) is 9.59 Å². The molecule has 0 saturated heterocycles. The molecule has 15 heavy (non-hydrogen) atoms. The van der Waals surface area contributed by atoms with Crippen molar-refractivity contribution in [2.24, 2.45) is 0 Å². The first kappa shape index (κ1) is 11.7. The lowest BCUT2D eigenvalue weighted by atomic mass is 10.3. The molecule has 1 heterocycles. The van der Waals surface area contributed by atoms with Crippen LogP contribution in [0.4, 0.5) is 0 Å². The first-order chi connectivity index (χ1) is 7.15. The van der Waals surface area contributed by atoms with Crippen LogP contribution in [0.25, 0.3) is 0 Å². The fourth-order valence-corrected chi connectivity index (χ4v) is 1.70. The summed E-state index contributed by atoms with van der Waals surface area (Å²) in [6.45, 7) is 4.07. The topological polar surface area (TPSA) is 58.2 Å². The maximum Gasteiger partial charge on any atom is 0.261 e. The van der Waals surface area contributed by atoms with E-state index in [4.69, 9.17) is 0 Å². The first-order valence-electron chi connectivity index (χ1n) is 4.77. The molecule has 0 fully saturated rings. The van der Waals surface area contributed by atoms with Crippen LogP contribution < -0.4 is 10.6 Å². The second-order valence-corrected chi connectivity index (χ2v) is 4.01. The lowest BCUT2D eigenvalue weighted by Crippen LogP contribution is -2.44.